The molecule has 19 heavy (non-hydrogen) atoms. The summed E-state index contributed by atoms with van der Waals surface area (Å²) < 4.78 is 5.71. The fraction of sp³-hybridized carbons (Fsp3) is 0.200. The zero-order valence-corrected chi connectivity index (χ0v) is 10.8. The van der Waals surface area contributed by atoms with Crippen LogP contribution < -0.4 is 10.1 Å². The van der Waals surface area contributed by atoms with Gasteiger partial charge >= 0.3 is 0 Å². The molecule has 96 valence electrons. The van der Waals surface area contributed by atoms with Crippen LogP contribution in [0.1, 0.15) is 18.9 Å². The summed E-state index contributed by atoms with van der Waals surface area (Å²) >= 11 is 0. The van der Waals surface area contributed by atoms with Crippen LogP contribution in [0.25, 0.3) is 0 Å². The third-order valence-electron chi connectivity index (χ3n) is 2.51. The molecule has 0 saturated heterocycles. The van der Waals surface area contributed by atoms with Crippen molar-refractivity contribution < 1.29 is 4.74 Å². The lowest BCUT2D eigenvalue weighted by atomic mass is 10.2. The molecule has 0 saturated carbocycles. The van der Waals surface area contributed by atoms with Crippen LogP contribution in [0, 0.1) is 11.3 Å². The Morgan fingerprint density at radius 2 is 2.00 bits per heavy atom. The van der Waals surface area contributed by atoms with E-state index in [1.807, 2.05) is 6.07 Å². The summed E-state index contributed by atoms with van der Waals surface area (Å²) in [6.07, 6.45) is 2.75. The van der Waals surface area contributed by atoms with Crippen LogP contribution in [0.15, 0.2) is 42.6 Å². The zero-order valence-electron chi connectivity index (χ0n) is 10.8. The Labute approximate surface area is 112 Å². The van der Waals surface area contributed by atoms with E-state index in [1.54, 1.807) is 36.5 Å². The van der Waals surface area contributed by atoms with Gasteiger partial charge in [-0.05, 0) is 36.8 Å². The molecule has 0 spiro atoms. The lowest BCUT2D eigenvalue weighted by Crippen LogP contribution is -2.01. The SMILES string of the molecule is CCCNc1cc(Oc2ccc(C#N)cc2)ccn1. The van der Waals surface area contributed by atoms with Crippen LogP contribution in [0.2, 0.25) is 0 Å². The highest BCUT2D eigenvalue weighted by molar-refractivity contribution is 5.43. The molecule has 0 unspecified atom stereocenters. The van der Waals surface area contributed by atoms with Gasteiger partial charge in [-0.2, -0.15) is 5.26 Å². The molecule has 2 aromatic rings. The lowest BCUT2D eigenvalue weighted by molar-refractivity contribution is 0.482. The molecule has 0 atom stereocenters. The number of hydrogen-bond acceptors (Lipinski definition) is 4. The highest BCUT2D eigenvalue weighted by atomic mass is 16.5. The van der Waals surface area contributed by atoms with Crippen LogP contribution in [0.5, 0.6) is 11.5 Å². The first-order valence-electron chi connectivity index (χ1n) is 6.20. The summed E-state index contributed by atoms with van der Waals surface area (Å²) in [5, 5.41) is 11.9. The third kappa shape index (κ3) is 3.71. The van der Waals surface area contributed by atoms with Gasteiger partial charge in [0.2, 0.25) is 0 Å². The summed E-state index contributed by atoms with van der Waals surface area (Å²) in [5.41, 5.74) is 0.618. The number of rotatable bonds is 5. The van der Waals surface area contributed by atoms with E-state index >= 15 is 0 Å². The Bertz CT molecular complexity index is 573. The number of hydrogen-bond donors (Lipinski definition) is 1. The minimum Gasteiger partial charge on any atom is -0.457 e. The Balaban J connectivity index is 2.07. The molecule has 0 aliphatic carbocycles. The van der Waals surface area contributed by atoms with E-state index in [-0.39, 0.29) is 0 Å². The third-order valence-corrected chi connectivity index (χ3v) is 2.51. The predicted molar refractivity (Wildman–Crippen MR) is 74.2 cm³/mol. The number of nitrogens with one attached hydrogen (secondary N) is 1. The first-order chi connectivity index (χ1) is 9.31. The van der Waals surface area contributed by atoms with Crippen LogP contribution in [-0.2, 0) is 0 Å². The normalized spacial score (nSPS) is 9.68. The van der Waals surface area contributed by atoms with Gasteiger partial charge < -0.3 is 10.1 Å². The molecule has 0 radical (unpaired) electrons. The summed E-state index contributed by atoms with van der Waals surface area (Å²) in [7, 11) is 0. The molecule has 1 N–H and O–H groups in total. The molecule has 2 rings (SSSR count). The summed E-state index contributed by atoms with van der Waals surface area (Å²) in [6.45, 7) is 2.98. The highest BCUT2D eigenvalue weighted by Crippen LogP contribution is 2.23. The number of aromatic nitrogens is 1. The molecular weight excluding hydrogens is 238 g/mol. The second kappa shape index (κ2) is 6.41. The minimum absolute atomic E-state index is 0.618. The fourth-order valence-electron chi connectivity index (χ4n) is 1.56. The van der Waals surface area contributed by atoms with E-state index < -0.39 is 0 Å². The van der Waals surface area contributed by atoms with Crippen molar-refractivity contribution in [1.82, 2.24) is 4.98 Å². The Morgan fingerprint density at radius 3 is 2.68 bits per heavy atom. The second-order valence-electron chi connectivity index (χ2n) is 4.04. The number of benzene rings is 1. The van der Waals surface area contributed by atoms with Crippen molar-refractivity contribution in [2.45, 2.75) is 13.3 Å². The number of pyridine rings is 1. The molecule has 0 fully saturated rings. The summed E-state index contributed by atoms with van der Waals surface area (Å²) in [4.78, 5) is 4.21. The number of anilines is 1. The van der Waals surface area contributed by atoms with Crippen molar-refractivity contribution in [2.24, 2.45) is 0 Å². The number of nitriles is 1. The standard InChI is InChI=1S/C15H15N3O/c1-2-8-17-15-10-14(7-9-18-15)19-13-5-3-12(11-16)4-6-13/h3-7,9-10H,2,8H2,1H3,(H,17,18). The van der Waals surface area contributed by atoms with Crippen molar-refractivity contribution in [3.63, 3.8) is 0 Å². The molecule has 1 heterocycles. The van der Waals surface area contributed by atoms with Crippen molar-refractivity contribution in [2.75, 3.05) is 11.9 Å². The first-order valence-corrected chi connectivity index (χ1v) is 6.20. The van der Waals surface area contributed by atoms with Gasteiger partial charge in [0, 0.05) is 18.8 Å². The molecular formula is C15H15N3O. The van der Waals surface area contributed by atoms with E-state index in [0.717, 1.165) is 24.5 Å². The van der Waals surface area contributed by atoms with E-state index in [1.165, 1.54) is 0 Å². The molecule has 1 aromatic carbocycles. The van der Waals surface area contributed by atoms with Gasteiger partial charge in [0.25, 0.3) is 0 Å². The van der Waals surface area contributed by atoms with Gasteiger partial charge in [-0.15, -0.1) is 0 Å². The maximum atomic E-state index is 8.73. The topological polar surface area (TPSA) is 57.9 Å². The van der Waals surface area contributed by atoms with E-state index in [0.29, 0.717) is 11.3 Å². The van der Waals surface area contributed by atoms with E-state index in [4.69, 9.17) is 10.00 Å². The molecule has 0 aliphatic rings. The Hall–Kier alpha value is -2.54. The summed E-state index contributed by atoms with van der Waals surface area (Å²) in [5.74, 6) is 2.22. The zero-order chi connectivity index (χ0) is 13.5. The first kappa shape index (κ1) is 12.9. The van der Waals surface area contributed by atoms with Crippen molar-refractivity contribution in [3.8, 4) is 17.6 Å². The van der Waals surface area contributed by atoms with Gasteiger partial charge in [-0.1, -0.05) is 6.92 Å². The average molecular weight is 253 g/mol. The number of ether oxygens (including phenoxy) is 1. The van der Waals surface area contributed by atoms with Crippen molar-refractivity contribution in [3.05, 3.63) is 48.2 Å². The molecule has 0 bridgehead atoms. The van der Waals surface area contributed by atoms with Crippen molar-refractivity contribution >= 4 is 5.82 Å². The maximum Gasteiger partial charge on any atom is 0.132 e. The minimum atomic E-state index is 0.618. The lowest BCUT2D eigenvalue weighted by Gasteiger charge is -2.08. The summed E-state index contributed by atoms with van der Waals surface area (Å²) in [6, 6.07) is 12.7. The highest BCUT2D eigenvalue weighted by Gasteiger charge is 2.00. The smallest absolute Gasteiger partial charge is 0.132 e. The molecule has 1 aromatic heterocycles. The maximum absolute atomic E-state index is 8.73. The van der Waals surface area contributed by atoms with Crippen molar-refractivity contribution in [1.29, 1.82) is 5.26 Å². The van der Waals surface area contributed by atoms with E-state index in [2.05, 4.69) is 23.3 Å². The second-order valence-corrected chi connectivity index (χ2v) is 4.04. The van der Waals surface area contributed by atoms with Crippen LogP contribution in [-0.4, -0.2) is 11.5 Å². The van der Waals surface area contributed by atoms with Gasteiger partial charge in [-0.3, -0.25) is 0 Å². The van der Waals surface area contributed by atoms with Crippen LogP contribution in [0.4, 0.5) is 5.82 Å². The Kier molecular flexibility index (Phi) is 4.35. The number of nitrogens with zero attached hydrogens (tertiary/aromatic N) is 2. The largest absolute Gasteiger partial charge is 0.457 e. The predicted octanol–water partition coefficient (Wildman–Crippen LogP) is 3.57. The van der Waals surface area contributed by atoms with Crippen LogP contribution >= 0.6 is 0 Å². The van der Waals surface area contributed by atoms with E-state index in [9.17, 15) is 0 Å². The molecule has 0 amide bonds. The molecule has 4 heteroatoms. The Morgan fingerprint density at radius 1 is 1.21 bits per heavy atom. The monoisotopic (exact) mass is 253 g/mol. The van der Waals surface area contributed by atoms with Gasteiger partial charge in [-0.25, -0.2) is 4.98 Å². The van der Waals surface area contributed by atoms with Gasteiger partial charge in [0.15, 0.2) is 0 Å². The van der Waals surface area contributed by atoms with Crippen LogP contribution in [0.3, 0.4) is 0 Å². The molecule has 4 nitrogen and oxygen atoms in total. The van der Waals surface area contributed by atoms with Gasteiger partial charge in [0.1, 0.15) is 17.3 Å². The van der Waals surface area contributed by atoms with Gasteiger partial charge in [0.05, 0.1) is 11.6 Å². The average Bonchev–Trinajstić information content (AvgIpc) is 2.46. The molecule has 0 aliphatic heterocycles. The fourth-order valence-corrected chi connectivity index (χ4v) is 1.56. The quantitative estimate of drug-likeness (QED) is 0.885.